The summed E-state index contributed by atoms with van der Waals surface area (Å²) >= 11 is 0. The van der Waals surface area contributed by atoms with Crippen molar-refractivity contribution >= 4 is 5.91 Å². The minimum Gasteiger partial charge on any atom is -0.496 e. The SMILES string of the molecule is COc1ccccc1CC(=O)NCc1cncnc1C(C)(C)C. The molecule has 1 aromatic heterocycles. The Kier molecular flexibility index (Phi) is 5.32. The van der Waals surface area contributed by atoms with Gasteiger partial charge in [0.25, 0.3) is 0 Å². The molecule has 0 fully saturated rings. The van der Waals surface area contributed by atoms with E-state index < -0.39 is 0 Å². The third-order valence-electron chi connectivity index (χ3n) is 3.52. The van der Waals surface area contributed by atoms with E-state index in [-0.39, 0.29) is 17.7 Å². The molecule has 0 aliphatic heterocycles. The van der Waals surface area contributed by atoms with Crippen LogP contribution in [0.15, 0.2) is 36.8 Å². The largest absolute Gasteiger partial charge is 0.496 e. The van der Waals surface area contributed by atoms with Crippen LogP contribution >= 0.6 is 0 Å². The second kappa shape index (κ2) is 7.22. The van der Waals surface area contributed by atoms with Gasteiger partial charge >= 0.3 is 0 Å². The van der Waals surface area contributed by atoms with Gasteiger partial charge in [0.15, 0.2) is 0 Å². The van der Waals surface area contributed by atoms with Crippen molar-refractivity contribution in [2.45, 2.75) is 39.2 Å². The monoisotopic (exact) mass is 313 g/mol. The van der Waals surface area contributed by atoms with E-state index in [1.807, 2.05) is 24.3 Å². The van der Waals surface area contributed by atoms with Crippen LogP contribution in [0, 0.1) is 0 Å². The summed E-state index contributed by atoms with van der Waals surface area (Å²) in [6, 6.07) is 7.53. The number of hydrogen-bond acceptors (Lipinski definition) is 4. The number of carbonyl (C=O) groups is 1. The molecule has 5 nitrogen and oxygen atoms in total. The van der Waals surface area contributed by atoms with Crippen molar-refractivity contribution in [3.8, 4) is 5.75 Å². The molecule has 0 spiro atoms. The zero-order valence-electron chi connectivity index (χ0n) is 14.1. The third-order valence-corrected chi connectivity index (χ3v) is 3.52. The molecule has 0 radical (unpaired) electrons. The van der Waals surface area contributed by atoms with Crippen molar-refractivity contribution in [3.05, 3.63) is 53.6 Å². The van der Waals surface area contributed by atoms with Crippen molar-refractivity contribution in [1.82, 2.24) is 15.3 Å². The summed E-state index contributed by atoms with van der Waals surface area (Å²) in [6.45, 7) is 6.70. The highest BCUT2D eigenvalue weighted by Crippen LogP contribution is 2.23. The first-order chi connectivity index (χ1) is 10.9. The van der Waals surface area contributed by atoms with Gasteiger partial charge in [-0.15, -0.1) is 0 Å². The van der Waals surface area contributed by atoms with Crippen molar-refractivity contribution in [1.29, 1.82) is 0 Å². The van der Waals surface area contributed by atoms with Crippen LogP contribution < -0.4 is 10.1 Å². The molecule has 0 aliphatic rings. The fourth-order valence-corrected chi connectivity index (χ4v) is 2.44. The number of nitrogens with one attached hydrogen (secondary N) is 1. The average Bonchev–Trinajstić information content (AvgIpc) is 2.53. The lowest BCUT2D eigenvalue weighted by molar-refractivity contribution is -0.120. The molecule has 1 N–H and O–H groups in total. The minimum absolute atomic E-state index is 0.0572. The Bertz CT molecular complexity index is 678. The van der Waals surface area contributed by atoms with Crippen LogP contribution in [0.3, 0.4) is 0 Å². The molecule has 0 bridgehead atoms. The molecular weight excluding hydrogens is 290 g/mol. The van der Waals surface area contributed by atoms with E-state index in [4.69, 9.17) is 4.74 Å². The van der Waals surface area contributed by atoms with Gasteiger partial charge in [0.1, 0.15) is 12.1 Å². The summed E-state index contributed by atoms with van der Waals surface area (Å²) in [7, 11) is 1.60. The van der Waals surface area contributed by atoms with Gasteiger partial charge in [-0.2, -0.15) is 0 Å². The summed E-state index contributed by atoms with van der Waals surface area (Å²) in [5, 5.41) is 2.94. The normalized spacial score (nSPS) is 11.1. The standard InChI is InChI=1S/C18H23N3O2/c1-18(2,3)17-14(10-19-12-21-17)11-20-16(22)9-13-7-5-6-8-15(13)23-4/h5-8,10,12H,9,11H2,1-4H3,(H,20,22). The molecule has 1 aromatic carbocycles. The van der Waals surface area contributed by atoms with Crippen LogP contribution in [0.4, 0.5) is 0 Å². The Hall–Kier alpha value is -2.43. The van der Waals surface area contributed by atoms with Crippen LogP contribution in [-0.4, -0.2) is 23.0 Å². The minimum atomic E-state index is -0.0916. The molecule has 0 atom stereocenters. The number of aromatic nitrogens is 2. The molecule has 0 unspecified atom stereocenters. The number of methoxy groups -OCH3 is 1. The van der Waals surface area contributed by atoms with Crippen LogP contribution in [0.2, 0.25) is 0 Å². The Morgan fingerprint density at radius 2 is 1.96 bits per heavy atom. The second-order valence-corrected chi connectivity index (χ2v) is 6.41. The fraction of sp³-hybridized carbons (Fsp3) is 0.389. The molecule has 122 valence electrons. The first-order valence-corrected chi connectivity index (χ1v) is 7.59. The molecule has 2 rings (SSSR count). The van der Waals surface area contributed by atoms with E-state index in [1.165, 1.54) is 0 Å². The maximum atomic E-state index is 12.2. The van der Waals surface area contributed by atoms with E-state index in [2.05, 4.69) is 36.1 Å². The first-order valence-electron chi connectivity index (χ1n) is 7.59. The van der Waals surface area contributed by atoms with Crippen LogP contribution in [0.1, 0.15) is 37.6 Å². The lowest BCUT2D eigenvalue weighted by atomic mass is 9.89. The number of nitrogens with zero attached hydrogens (tertiary/aromatic N) is 2. The predicted molar refractivity (Wildman–Crippen MR) is 89.3 cm³/mol. The molecule has 0 saturated heterocycles. The number of amides is 1. The fourth-order valence-electron chi connectivity index (χ4n) is 2.44. The summed E-state index contributed by atoms with van der Waals surface area (Å²) < 4.78 is 5.27. The topological polar surface area (TPSA) is 64.1 Å². The van der Waals surface area contributed by atoms with Crippen LogP contribution in [0.25, 0.3) is 0 Å². The van der Waals surface area contributed by atoms with E-state index in [1.54, 1.807) is 19.6 Å². The van der Waals surface area contributed by atoms with Gasteiger partial charge in [-0.3, -0.25) is 4.79 Å². The molecule has 23 heavy (non-hydrogen) atoms. The smallest absolute Gasteiger partial charge is 0.224 e. The van der Waals surface area contributed by atoms with Gasteiger partial charge in [0, 0.05) is 29.3 Å². The number of benzene rings is 1. The van der Waals surface area contributed by atoms with Gasteiger partial charge in [-0.25, -0.2) is 9.97 Å². The molecule has 1 heterocycles. The number of carbonyl (C=O) groups excluding carboxylic acids is 1. The highest BCUT2D eigenvalue weighted by Gasteiger charge is 2.20. The molecular formula is C18H23N3O2. The molecule has 2 aromatic rings. The molecule has 5 heteroatoms. The predicted octanol–water partition coefficient (Wildman–Crippen LogP) is 2.64. The quantitative estimate of drug-likeness (QED) is 0.921. The highest BCUT2D eigenvalue weighted by atomic mass is 16.5. The number of hydrogen-bond donors (Lipinski definition) is 1. The van der Waals surface area contributed by atoms with Gasteiger partial charge in [-0.1, -0.05) is 39.0 Å². The van der Waals surface area contributed by atoms with E-state index >= 15 is 0 Å². The van der Waals surface area contributed by atoms with Gasteiger partial charge in [-0.05, 0) is 6.07 Å². The van der Waals surface area contributed by atoms with Gasteiger partial charge in [0.2, 0.25) is 5.91 Å². The zero-order chi connectivity index (χ0) is 16.9. The second-order valence-electron chi connectivity index (χ2n) is 6.41. The lowest BCUT2D eigenvalue weighted by Crippen LogP contribution is -2.27. The third kappa shape index (κ3) is 4.52. The van der Waals surface area contributed by atoms with Crippen LogP contribution in [0.5, 0.6) is 5.75 Å². The number of para-hydroxylation sites is 1. The van der Waals surface area contributed by atoms with E-state index in [0.717, 1.165) is 22.6 Å². The number of rotatable bonds is 5. The Morgan fingerprint density at radius 3 is 2.65 bits per heavy atom. The average molecular weight is 313 g/mol. The summed E-state index contributed by atoms with van der Waals surface area (Å²) in [5.41, 5.74) is 2.66. The Balaban J connectivity index is 2.03. The summed E-state index contributed by atoms with van der Waals surface area (Å²) in [5.74, 6) is 0.666. The van der Waals surface area contributed by atoms with Gasteiger partial charge in [0.05, 0.1) is 19.2 Å². The zero-order valence-corrected chi connectivity index (χ0v) is 14.1. The Morgan fingerprint density at radius 1 is 1.22 bits per heavy atom. The molecule has 0 saturated carbocycles. The van der Waals surface area contributed by atoms with E-state index in [0.29, 0.717) is 6.54 Å². The van der Waals surface area contributed by atoms with E-state index in [9.17, 15) is 4.79 Å². The van der Waals surface area contributed by atoms with Crippen molar-refractivity contribution in [2.75, 3.05) is 7.11 Å². The highest BCUT2D eigenvalue weighted by molar-refractivity contribution is 5.79. The number of ether oxygens (including phenoxy) is 1. The van der Waals surface area contributed by atoms with Gasteiger partial charge < -0.3 is 10.1 Å². The lowest BCUT2D eigenvalue weighted by Gasteiger charge is -2.21. The van der Waals surface area contributed by atoms with Crippen molar-refractivity contribution in [2.24, 2.45) is 0 Å². The molecule has 0 aliphatic carbocycles. The first kappa shape index (κ1) is 16.9. The molecule has 1 amide bonds. The summed E-state index contributed by atoms with van der Waals surface area (Å²) in [4.78, 5) is 20.6. The van der Waals surface area contributed by atoms with Crippen molar-refractivity contribution in [3.63, 3.8) is 0 Å². The maximum Gasteiger partial charge on any atom is 0.224 e. The maximum absolute atomic E-state index is 12.2. The van der Waals surface area contributed by atoms with Crippen LogP contribution in [-0.2, 0) is 23.2 Å². The Labute approximate surface area is 137 Å². The summed E-state index contributed by atoms with van der Waals surface area (Å²) in [6.07, 6.45) is 3.58. The van der Waals surface area contributed by atoms with Crippen molar-refractivity contribution < 1.29 is 9.53 Å².